The van der Waals surface area contributed by atoms with Crippen molar-refractivity contribution in [2.45, 2.75) is 18.3 Å². The maximum absolute atomic E-state index is 13.4. The van der Waals surface area contributed by atoms with E-state index in [9.17, 15) is 9.59 Å². The Labute approximate surface area is 153 Å². The van der Waals surface area contributed by atoms with Gasteiger partial charge in [-0.2, -0.15) is 0 Å². The fourth-order valence-corrected chi connectivity index (χ4v) is 4.12. The van der Waals surface area contributed by atoms with Crippen LogP contribution in [-0.4, -0.2) is 36.9 Å². The molecular formula is C22H22N2O2. The monoisotopic (exact) mass is 346 g/mol. The van der Waals surface area contributed by atoms with Crippen LogP contribution in [0.25, 0.3) is 0 Å². The fraction of sp³-hybridized carbons (Fsp3) is 0.273. The van der Waals surface area contributed by atoms with Crippen molar-refractivity contribution in [2.24, 2.45) is 0 Å². The molecule has 0 bridgehead atoms. The molecule has 4 rings (SSSR count). The first-order chi connectivity index (χ1) is 12.6. The van der Waals surface area contributed by atoms with E-state index in [1.54, 1.807) is 16.8 Å². The van der Waals surface area contributed by atoms with Crippen molar-refractivity contribution in [3.05, 3.63) is 77.9 Å². The zero-order valence-electron chi connectivity index (χ0n) is 14.9. The third-order valence-electron chi connectivity index (χ3n) is 5.47. The van der Waals surface area contributed by atoms with Gasteiger partial charge in [0.25, 0.3) is 0 Å². The second kappa shape index (κ2) is 6.45. The third-order valence-corrected chi connectivity index (χ3v) is 5.47. The summed E-state index contributed by atoms with van der Waals surface area (Å²) >= 11 is 0. The number of rotatable bonds is 4. The van der Waals surface area contributed by atoms with Crippen LogP contribution in [0.15, 0.2) is 66.7 Å². The molecule has 0 saturated carbocycles. The molecule has 0 N–H and O–H groups in total. The van der Waals surface area contributed by atoms with Crippen molar-refractivity contribution >= 4 is 17.5 Å². The average molecular weight is 346 g/mol. The molecule has 0 aliphatic carbocycles. The molecule has 26 heavy (non-hydrogen) atoms. The Morgan fingerprint density at radius 3 is 2.38 bits per heavy atom. The minimum absolute atomic E-state index is 0.00283. The zero-order chi connectivity index (χ0) is 18.1. The summed E-state index contributed by atoms with van der Waals surface area (Å²) in [6.07, 6.45) is 4.72. The smallest absolute Gasteiger partial charge is 0.238 e. The van der Waals surface area contributed by atoms with E-state index in [1.807, 2.05) is 66.7 Å². The summed E-state index contributed by atoms with van der Waals surface area (Å²) in [6, 6.07) is 17.8. The standard InChI is InChI=1S/C22H22N2O2/c1-23-19-12-6-5-11-18(19)22(21(23)26,15-17-9-3-2-4-10-17)16-20(25)24-13-7-8-14-24/h2-12H,13-16H2,1H3/t22-/m0/s1. The van der Waals surface area contributed by atoms with Gasteiger partial charge < -0.3 is 9.80 Å². The Hall–Kier alpha value is -2.88. The van der Waals surface area contributed by atoms with Crippen molar-refractivity contribution in [1.29, 1.82) is 0 Å². The molecule has 2 amide bonds. The highest BCUT2D eigenvalue weighted by atomic mass is 16.2. The summed E-state index contributed by atoms with van der Waals surface area (Å²) in [4.78, 5) is 29.9. The van der Waals surface area contributed by atoms with E-state index in [0.717, 1.165) is 16.8 Å². The number of likely N-dealkylation sites (N-methyl/N-ethyl adjacent to an activating group) is 1. The molecule has 4 nitrogen and oxygen atoms in total. The number of para-hydroxylation sites is 1. The number of carbonyl (C=O) groups is 2. The van der Waals surface area contributed by atoms with E-state index in [4.69, 9.17) is 0 Å². The van der Waals surface area contributed by atoms with E-state index < -0.39 is 5.41 Å². The van der Waals surface area contributed by atoms with E-state index in [0.29, 0.717) is 19.5 Å². The maximum atomic E-state index is 13.4. The summed E-state index contributed by atoms with van der Waals surface area (Å²) in [7, 11) is 1.80. The lowest BCUT2D eigenvalue weighted by Gasteiger charge is -2.30. The fourth-order valence-electron chi connectivity index (χ4n) is 4.12. The van der Waals surface area contributed by atoms with Crippen LogP contribution >= 0.6 is 0 Å². The van der Waals surface area contributed by atoms with Crippen LogP contribution in [0.5, 0.6) is 0 Å². The first-order valence-corrected chi connectivity index (χ1v) is 8.96. The van der Waals surface area contributed by atoms with Gasteiger partial charge in [0.05, 0.1) is 5.41 Å². The van der Waals surface area contributed by atoms with Crippen LogP contribution in [0, 0.1) is 0 Å². The molecule has 2 aliphatic rings. The lowest BCUT2D eigenvalue weighted by atomic mass is 9.73. The highest BCUT2D eigenvalue weighted by molar-refractivity contribution is 6.10. The molecule has 2 aromatic carbocycles. The normalized spacial score (nSPS) is 21.3. The van der Waals surface area contributed by atoms with Crippen LogP contribution in [0.2, 0.25) is 0 Å². The molecule has 132 valence electrons. The summed E-state index contributed by atoms with van der Waals surface area (Å²) in [6.45, 7) is 1.26. The van der Waals surface area contributed by atoms with Crippen molar-refractivity contribution in [2.75, 3.05) is 25.0 Å². The number of anilines is 1. The predicted molar refractivity (Wildman–Crippen MR) is 102 cm³/mol. The van der Waals surface area contributed by atoms with Crippen molar-refractivity contribution in [3.8, 4) is 0 Å². The Bertz CT molecular complexity index is 867. The number of hydrogen-bond acceptors (Lipinski definition) is 2. The maximum Gasteiger partial charge on any atom is 0.238 e. The second-order valence-electron chi connectivity index (χ2n) is 7.07. The molecule has 4 heteroatoms. The second-order valence-corrected chi connectivity index (χ2v) is 7.07. The van der Waals surface area contributed by atoms with Crippen LogP contribution in [0.4, 0.5) is 5.69 Å². The number of fused-ring (bicyclic) bond motifs is 1. The van der Waals surface area contributed by atoms with Crippen LogP contribution in [0.3, 0.4) is 0 Å². The molecule has 0 unspecified atom stereocenters. The highest BCUT2D eigenvalue weighted by Crippen LogP contribution is 2.45. The molecule has 0 spiro atoms. The van der Waals surface area contributed by atoms with Gasteiger partial charge in [-0.3, -0.25) is 9.59 Å². The van der Waals surface area contributed by atoms with Gasteiger partial charge in [0.2, 0.25) is 11.8 Å². The van der Waals surface area contributed by atoms with Crippen molar-refractivity contribution in [1.82, 2.24) is 4.90 Å². The molecule has 0 saturated heterocycles. The van der Waals surface area contributed by atoms with Crippen LogP contribution < -0.4 is 4.90 Å². The van der Waals surface area contributed by atoms with Gasteiger partial charge in [-0.05, 0) is 23.6 Å². The SMILES string of the molecule is CN1C(=O)[C@](CC(=O)N2CC=CC2)(Cc2ccccc2)c2ccccc21. The Morgan fingerprint density at radius 1 is 1.00 bits per heavy atom. The van der Waals surface area contributed by atoms with Gasteiger partial charge in [-0.15, -0.1) is 0 Å². The molecule has 0 radical (unpaired) electrons. The first kappa shape index (κ1) is 16.6. The van der Waals surface area contributed by atoms with Gasteiger partial charge >= 0.3 is 0 Å². The minimum atomic E-state index is -0.841. The van der Waals surface area contributed by atoms with Crippen LogP contribution in [0.1, 0.15) is 17.5 Å². The van der Waals surface area contributed by atoms with E-state index in [-0.39, 0.29) is 18.2 Å². The first-order valence-electron chi connectivity index (χ1n) is 8.96. The third kappa shape index (κ3) is 2.62. The number of amides is 2. The highest BCUT2D eigenvalue weighted by Gasteiger charge is 2.51. The van der Waals surface area contributed by atoms with Gasteiger partial charge in [0, 0.05) is 32.2 Å². The molecular weight excluding hydrogens is 324 g/mol. The number of benzene rings is 2. The number of hydrogen-bond donors (Lipinski definition) is 0. The topological polar surface area (TPSA) is 40.6 Å². The van der Waals surface area contributed by atoms with Gasteiger partial charge in [0.1, 0.15) is 0 Å². The predicted octanol–water partition coefficient (Wildman–Crippen LogP) is 2.93. The van der Waals surface area contributed by atoms with E-state index in [2.05, 4.69) is 0 Å². The Morgan fingerprint density at radius 2 is 1.65 bits per heavy atom. The minimum Gasteiger partial charge on any atom is -0.335 e. The number of carbonyl (C=O) groups excluding carboxylic acids is 2. The lowest BCUT2D eigenvalue weighted by molar-refractivity contribution is -0.135. The molecule has 2 aromatic rings. The molecule has 0 fully saturated rings. The zero-order valence-corrected chi connectivity index (χ0v) is 14.9. The largest absolute Gasteiger partial charge is 0.335 e. The Kier molecular flexibility index (Phi) is 4.11. The average Bonchev–Trinajstić information content (AvgIpc) is 3.27. The molecule has 2 heterocycles. The van der Waals surface area contributed by atoms with Gasteiger partial charge in [-0.1, -0.05) is 60.7 Å². The molecule has 0 aromatic heterocycles. The quantitative estimate of drug-likeness (QED) is 0.799. The summed E-state index contributed by atoms with van der Waals surface area (Å²) in [5.74, 6) is 0.0347. The van der Waals surface area contributed by atoms with Gasteiger partial charge in [-0.25, -0.2) is 0 Å². The molecule has 1 atom stereocenters. The number of nitrogens with zero attached hydrogens (tertiary/aromatic N) is 2. The lowest BCUT2D eigenvalue weighted by Crippen LogP contribution is -2.45. The Balaban J connectivity index is 1.77. The molecule has 2 aliphatic heterocycles. The van der Waals surface area contributed by atoms with Crippen molar-refractivity contribution in [3.63, 3.8) is 0 Å². The van der Waals surface area contributed by atoms with E-state index in [1.165, 1.54) is 0 Å². The van der Waals surface area contributed by atoms with Crippen LogP contribution in [-0.2, 0) is 21.4 Å². The van der Waals surface area contributed by atoms with E-state index >= 15 is 0 Å². The summed E-state index contributed by atoms with van der Waals surface area (Å²) < 4.78 is 0. The summed E-state index contributed by atoms with van der Waals surface area (Å²) in [5.41, 5.74) is 2.09. The summed E-state index contributed by atoms with van der Waals surface area (Å²) in [5, 5.41) is 0. The van der Waals surface area contributed by atoms with Gasteiger partial charge in [0.15, 0.2) is 0 Å². The van der Waals surface area contributed by atoms with Crippen molar-refractivity contribution < 1.29 is 9.59 Å².